The number of aliphatic imine (C=N–C) groups is 1. The first-order valence-corrected chi connectivity index (χ1v) is 3.38. The van der Waals surface area contributed by atoms with E-state index in [2.05, 4.69) is 4.99 Å². The van der Waals surface area contributed by atoms with Crippen LogP contribution in [0, 0.1) is 11.3 Å². The minimum Gasteiger partial charge on any atom is -0.368 e. The average molecular weight is 151 g/mol. The van der Waals surface area contributed by atoms with Gasteiger partial charge in [-0.3, -0.25) is 0 Å². The lowest BCUT2D eigenvalue weighted by atomic mass is 10.4. The zero-order valence-corrected chi connectivity index (χ0v) is 6.23. The zero-order chi connectivity index (χ0) is 8.27. The van der Waals surface area contributed by atoms with Crippen molar-refractivity contribution in [2.75, 3.05) is 6.54 Å². The van der Waals surface area contributed by atoms with Gasteiger partial charge in [0.05, 0.1) is 6.21 Å². The summed E-state index contributed by atoms with van der Waals surface area (Å²) in [4.78, 5) is 5.34. The summed E-state index contributed by atoms with van der Waals surface area (Å²) in [5.41, 5.74) is 0.331. The Kier molecular flexibility index (Phi) is 2.24. The molecule has 0 saturated heterocycles. The SMILES string of the molecule is CCN1C=C(C#N)N=CC1O. The third kappa shape index (κ3) is 1.57. The van der Waals surface area contributed by atoms with Gasteiger partial charge in [-0.2, -0.15) is 5.26 Å². The standard InChI is InChI=1S/C7H9N3O/c1-2-10-5-6(3-8)9-4-7(10)11/h4-5,7,11H,2H2,1H3. The van der Waals surface area contributed by atoms with Crippen molar-refractivity contribution in [2.24, 2.45) is 4.99 Å². The highest BCUT2D eigenvalue weighted by Gasteiger charge is 2.12. The summed E-state index contributed by atoms with van der Waals surface area (Å²) >= 11 is 0. The Labute approximate surface area is 65.1 Å². The van der Waals surface area contributed by atoms with Gasteiger partial charge in [0.25, 0.3) is 0 Å². The van der Waals surface area contributed by atoms with E-state index in [4.69, 9.17) is 5.26 Å². The van der Waals surface area contributed by atoms with E-state index in [0.29, 0.717) is 12.2 Å². The number of aliphatic hydroxyl groups is 1. The molecule has 0 aromatic rings. The van der Waals surface area contributed by atoms with Crippen molar-refractivity contribution < 1.29 is 5.11 Å². The van der Waals surface area contributed by atoms with Gasteiger partial charge in [0.15, 0.2) is 11.9 Å². The number of aliphatic hydroxyl groups excluding tert-OH is 1. The first kappa shape index (κ1) is 7.76. The van der Waals surface area contributed by atoms with E-state index in [1.54, 1.807) is 11.1 Å². The van der Waals surface area contributed by atoms with Gasteiger partial charge in [0, 0.05) is 12.7 Å². The fourth-order valence-corrected chi connectivity index (χ4v) is 0.835. The van der Waals surface area contributed by atoms with Crippen molar-refractivity contribution in [1.82, 2.24) is 4.90 Å². The lowest BCUT2D eigenvalue weighted by Crippen LogP contribution is -2.33. The Morgan fingerprint density at radius 1 is 1.91 bits per heavy atom. The van der Waals surface area contributed by atoms with Crippen molar-refractivity contribution in [3.05, 3.63) is 11.9 Å². The number of hydrogen-bond acceptors (Lipinski definition) is 4. The lowest BCUT2D eigenvalue weighted by molar-refractivity contribution is 0.102. The van der Waals surface area contributed by atoms with Crippen LogP contribution >= 0.6 is 0 Å². The van der Waals surface area contributed by atoms with Crippen LogP contribution in [0.4, 0.5) is 0 Å². The quantitative estimate of drug-likeness (QED) is 0.577. The molecule has 0 radical (unpaired) electrons. The second-order valence-corrected chi connectivity index (χ2v) is 2.15. The van der Waals surface area contributed by atoms with Gasteiger partial charge in [-0.05, 0) is 6.92 Å². The summed E-state index contributed by atoms with van der Waals surface area (Å²) in [6, 6.07) is 1.90. The molecule has 1 atom stereocenters. The normalized spacial score (nSPS) is 22.8. The number of hydrogen-bond donors (Lipinski definition) is 1. The molecular weight excluding hydrogens is 142 g/mol. The molecule has 4 nitrogen and oxygen atoms in total. The van der Waals surface area contributed by atoms with E-state index < -0.39 is 6.23 Å². The van der Waals surface area contributed by atoms with Crippen molar-refractivity contribution in [3.63, 3.8) is 0 Å². The molecule has 58 valence electrons. The predicted octanol–water partition coefficient (Wildman–Crippen LogP) is 0.0761. The Hall–Kier alpha value is -1.34. The Balaban J connectivity index is 2.77. The molecule has 1 aliphatic rings. The van der Waals surface area contributed by atoms with Gasteiger partial charge in [-0.15, -0.1) is 0 Å². The fourth-order valence-electron chi connectivity index (χ4n) is 0.835. The zero-order valence-electron chi connectivity index (χ0n) is 6.23. The smallest absolute Gasteiger partial charge is 0.163 e. The van der Waals surface area contributed by atoms with Crippen LogP contribution in [0.15, 0.2) is 16.9 Å². The molecule has 1 heterocycles. The van der Waals surface area contributed by atoms with E-state index >= 15 is 0 Å². The highest BCUT2D eigenvalue weighted by Crippen LogP contribution is 2.06. The van der Waals surface area contributed by atoms with Crippen LogP contribution in [-0.2, 0) is 0 Å². The van der Waals surface area contributed by atoms with Gasteiger partial charge in [-0.25, -0.2) is 4.99 Å². The highest BCUT2D eigenvalue weighted by molar-refractivity contribution is 5.66. The molecule has 0 bridgehead atoms. The van der Waals surface area contributed by atoms with E-state index in [1.165, 1.54) is 6.21 Å². The van der Waals surface area contributed by atoms with E-state index in [1.807, 2.05) is 13.0 Å². The van der Waals surface area contributed by atoms with Gasteiger partial charge in [0.1, 0.15) is 6.07 Å². The number of allylic oxidation sites excluding steroid dienone is 1. The van der Waals surface area contributed by atoms with Gasteiger partial charge in [-0.1, -0.05) is 0 Å². The lowest BCUT2D eigenvalue weighted by Gasteiger charge is -2.24. The molecule has 4 heteroatoms. The topological polar surface area (TPSA) is 59.6 Å². The van der Waals surface area contributed by atoms with Gasteiger partial charge >= 0.3 is 0 Å². The van der Waals surface area contributed by atoms with Crippen molar-refractivity contribution in [3.8, 4) is 6.07 Å². The van der Waals surface area contributed by atoms with E-state index in [-0.39, 0.29) is 0 Å². The van der Waals surface area contributed by atoms with Crippen LogP contribution in [-0.4, -0.2) is 29.0 Å². The van der Waals surface area contributed by atoms with Gasteiger partial charge in [0.2, 0.25) is 0 Å². The summed E-state index contributed by atoms with van der Waals surface area (Å²) in [6.45, 7) is 2.56. The van der Waals surface area contributed by atoms with Crippen molar-refractivity contribution in [1.29, 1.82) is 5.26 Å². The molecule has 0 saturated carbocycles. The van der Waals surface area contributed by atoms with Crippen LogP contribution in [0.2, 0.25) is 0 Å². The largest absolute Gasteiger partial charge is 0.368 e. The van der Waals surface area contributed by atoms with Crippen molar-refractivity contribution in [2.45, 2.75) is 13.2 Å². The molecule has 0 aromatic carbocycles. The minimum atomic E-state index is -0.683. The molecule has 0 aromatic heterocycles. The molecule has 0 fully saturated rings. The third-order valence-electron chi connectivity index (χ3n) is 1.45. The van der Waals surface area contributed by atoms with Crippen LogP contribution < -0.4 is 0 Å². The maximum Gasteiger partial charge on any atom is 0.163 e. The number of nitriles is 1. The number of nitrogens with zero attached hydrogens (tertiary/aromatic N) is 3. The first-order valence-electron chi connectivity index (χ1n) is 3.38. The third-order valence-corrected chi connectivity index (χ3v) is 1.45. The first-order chi connectivity index (χ1) is 5.27. The molecule has 1 rings (SSSR count). The molecule has 1 N–H and O–H groups in total. The van der Waals surface area contributed by atoms with Crippen LogP contribution in [0.25, 0.3) is 0 Å². The maximum absolute atomic E-state index is 9.20. The van der Waals surface area contributed by atoms with E-state index in [0.717, 1.165) is 0 Å². The Morgan fingerprint density at radius 3 is 3.18 bits per heavy atom. The monoisotopic (exact) mass is 151 g/mol. The summed E-state index contributed by atoms with van der Waals surface area (Å²) in [5, 5.41) is 17.7. The molecule has 0 aliphatic carbocycles. The molecule has 0 amide bonds. The summed E-state index contributed by atoms with van der Waals surface area (Å²) in [7, 11) is 0. The summed E-state index contributed by atoms with van der Waals surface area (Å²) in [6.07, 6.45) is 2.21. The van der Waals surface area contributed by atoms with Crippen LogP contribution in [0.3, 0.4) is 0 Å². The van der Waals surface area contributed by atoms with E-state index in [9.17, 15) is 5.11 Å². The highest BCUT2D eigenvalue weighted by atomic mass is 16.3. The second kappa shape index (κ2) is 3.17. The van der Waals surface area contributed by atoms with Crippen LogP contribution in [0.5, 0.6) is 0 Å². The maximum atomic E-state index is 9.20. The molecule has 1 unspecified atom stereocenters. The van der Waals surface area contributed by atoms with Crippen LogP contribution in [0.1, 0.15) is 6.92 Å². The summed E-state index contributed by atoms with van der Waals surface area (Å²) in [5.74, 6) is 0. The second-order valence-electron chi connectivity index (χ2n) is 2.15. The molecular formula is C7H9N3O. The predicted molar refractivity (Wildman–Crippen MR) is 40.6 cm³/mol. The van der Waals surface area contributed by atoms with Crippen molar-refractivity contribution >= 4 is 6.21 Å². The van der Waals surface area contributed by atoms with Gasteiger partial charge < -0.3 is 10.0 Å². The molecule has 11 heavy (non-hydrogen) atoms. The Morgan fingerprint density at radius 2 is 2.64 bits per heavy atom. The Bertz CT molecular complexity index is 239. The summed E-state index contributed by atoms with van der Waals surface area (Å²) < 4.78 is 0. The number of rotatable bonds is 1. The average Bonchev–Trinajstić information content (AvgIpc) is 2.05. The fraction of sp³-hybridized carbons (Fsp3) is 0.429. The minimum absolute atomic E-state index is 0.331. The molecule has 0 spiro atoms. The molecule has 1 aliphatic heterocycles.